The van der Waals surface area contributed by atoms with E-state index < -0.39 is 0 Å². The summed E-state index contributed by atoms with van der Waals surface area (Å²) in [6, 6.07) is 0. The highest BCUT2D eigenvalue weighted by molar-refractivity contribution is 4.77. The molecule has 0 saturated carbocycles. The van der Waals surface area contributed by atoms with Crippen molar-refractivity contribution in [3.8, 4) is 0 Å². The lowest BCUT2D eigenvalue weighted by atomic mass is 9.88. The first-order chi connectivity index (χ1) is 6.12. The molecule has 0 aliphatic rings. The van der Waals surface area contributed by atoms with Crippen LogP contribution < -0.4 is 5.32 Å². The Hall–Kier alpha value is -0.560. The van der Waals surface area contributed by atoms with Crippen LogP contribution in [0.25, 0.3) is 0 Å². The fraction of sp³-hybridized carbons (Fsp3) is 0.667. The van der Waals surface area contributed by atoms with Gasteiger partial charge in [0, 0.05) is 6.54 Å². The Morgan fingerprint density at radius 3 is 2.31 bits per heavy atom. The lowest BCUT2D eigenvalue weighted by Crippen LogP contribution is -2.29. The van der Waals surface area contributed by atoms with Crippen molar-refractivity contribution in [1.29, 1.82) is 0 Å². The summed E-state index contributed by atoms with van der Waals surface area (Å²) in [6.07, 6.45) is 7.31. The largest absolute Gasteiger partial charge is 0.316 e. The Labute approximate surface area is 82.9 Å². The summed E-state index contributed by atoms with van der Waals surface area (Å²) in [6.45, 7) is 14.1. The fourth-order valence-corrected chi connectivity index (χ4v) is 1.21. The lowest BCUT2D eigenvalue weighted by molar-refractivity contribution is 0.318. The Morgan fingerprint density at radius 1 is 1.15 bits per heavy atom. The molecule has 0 saturated heterocycles. The van der Waals surface area contributed by atoms with E-state index in [0.29, 0.717) is 5.41 Å². The molecule has 13 heavy (non-hydrogen) atoms. The van der Waals surface area contributed by atoms with Crippen LogP contribution in [-0.4, -0.2) is 13.1 Å². The number of hydrogen-bond acceptors (Lipinski definition) is 1. The van der Waals surface area contributed by atoms with E-state index in [4.69, 9.17) is 0 Å². The molecule has 0 aromatic rings. The summed E-state index contributed by atoms with van der Waals surface area (Å²) in [7, 11) is 0. The van der Waals surface area contributed by atoms with Gasteiger partial charge in [-0.3, -0.25) is 0 Å². The minimum absolute atomic E-state index is 0.384. The van der Waals surface area contributed by atoms with Crippen LogP contribution in [0.4, 0.5) is 0 Å². The lowest BCUT2D eigenvalue weighted by Gasteiger charge is -2.24. The molecule has 1 N–H and O–H groups in total. The third-order valence-electron chi connectivity index (χ3n) is 2.15. The van der Waals surface area contributed by atoms with E-state index in [1.165, 1.54) is 6.42 Å². The van der Waals surface area contributed by atoms with Crippen LogP contribution >= 0.6 is 0 Å². The zero-order valence-electron chi connectivity index (χ0n) is 9.10. The average Bonchev–Trinajstić information content (AvgIpc) is 2.09. The van der Waals surface area contributed by atoms with Gasteiger partial charge >= 0.3 is 0 Å². The molecule has 0 aromatic carbocycles. The third-order valence-corrected chi connectivity index (χ3v) is 2.15. The molecular formula is C12H23N. The van der Waals surface area contributed by atoms with E-state index in [1.807, 2.05) is 12.2 Å². The molecule has 0 unspecified atom stereocenters. The molecule has 0 aromatic heterocycles. The van der Waals surface area contributed by atoms with Gasteiger partial charge in [-0.25, -0.2) is 0 Å². The van der Waals surface area contributed by atoms with Gasteiger partial charge in [-0.2, -0.15) is 0 Å². The van der Waals surface area contributed by atoms with E-state index in [2.05, 4.69) is 32.3 Å². The van der Waals surface area contributed by atoms with Crippen molar-refractivity contribution >= 4 is 0 Å². The highest BCUT2D eigenvalue weighted by atomic mass is 14.9. The zero-order chi connectivity index (χ0) is 10.2. The van der Waals surface area contributed by atoms with Gasteiger partial charge in [-0.15, -0.1) is 13.2 Å². The normalized spacial score (nSPS) is 11.2. The van der Waals surface area contributed by atoms with E-state index >= 15 is 0 Å². The average molecular weight is 181 g/mol. The minimum Gasteiger partial charge on any atom is -0.316 e. The fourth-order valence-electron chi connectivity index (χ4n) is 1.21. The van der Waals surface area contributed by atoms with Crippen LogP contribution in [0, 0.1) is 5.41 Å². The number of allylic oxidation sites excluding steroid dienone is 1. The third kappa shape index (κ3) is 7.79. The Morgan fingerprint density at radius 2 is 1.77 bits per heavy atom. The van der Waals surface area contributed by atoms with Gasteiger partial charge < -0.3 is 5.32 Å². The minimum atomic E-state index is 0.384. The first-order valence-corrected chi connectivity index (χ1v) is 5.05. The summed E-state index contributed by atoms with van der Waals surface area (Å²) in [5.74, 6) is 0. The number of nitrogens with one attached hydrogen (secondary N) is 1. The van der Waals surface area contributed by atoms with Crippen molar-refractivity contribution < 1.29 is 0 Å². The van der Waals surface area contributed by atoms with Gasteiger partial charge in [0.2, 0.25) is 0 Å². The molecule has 0 radical (unpaired) electrons. The van der Waals surface area contributed by atoms with E-state index in [1.54, 1.807) is 0 Å². The first-order valence-electron chi connectivity index (χ1n) is 5.05. The maximum absolute atomic E-state index is 3.74. The van der Waals surface area contributed by atoms with Gasteiger partial charge in [0.25, 0.3) is 0 Å². The van der Waals surface area contributed by atoms with Gasteiger partial charge in [0.1, 0.15) is 0 Å². The van der Waals surface area contributed by atoms with E-state index in [9.17, 15) is 0 Å². The first kappa shape index (κ1) is 12.4. The molecular weight excluding hydrogens is 158 g/mol. The van der Waals surface area contributed by atoms with Crippen molar-refractivity contribution in [2.75, 3.05) is 13.1 Å². The Kier molecular flexibility index (Phi) is 6.61. The molecule has 0 bridgehead atoms. The van der Waals surface area contributed by atoms with Crippen molar-refractivity contribution in [2.45, 2.75) is 33.1 Å². The molecule has 0 aliphatic carbocycles. The van der Waals surface area contributed by atoms with Crippen LogP contribution in [0.1, 0.15) is 33.1 Å². The molecule has 0 fully saturated rings. The van der Waals surface area contributed by atoms with Gasteiger partial charge in [0.05, 0.1) is 0 Å². The smallest absolute Gasteiger partial charge is 0.000275 e. The second-order valence-corrected chi connectivity index (χ2v) is 4.25. The Balaban J connectivity index is 3.49. The van der Waals surface area contributed by atoms with Gasteiger partial charge in [-0.1, -0.05) is 26.0 Å². The summed E-state index contributed by atoms with van der Waals surface area (Å²) in [4.78, 5) is 0. The van der Waals surface area contributed by atoms with Gasteiger partial charge in [-0.05, 0) is 31.2 Å². The van der Waals surface area contributed by atoms with Crippen LogP contribution in [0.5, 0.6) is 0 Å². The highest BCUT2D eigenvalue weighted by Gasteiger charge is 2.15. The quantitative estimate of drug-likeness (QED) is 0.448. The monoisotopic (exact) mass is 181 g/mol. The number of rotatable bonds is 8. The number of hydrogen-bond donors (Lipinski definition) is 1. The SMILES string of the molecule is C=CCCNCC(C)(C)CCC=C. The van der Waals surface area contributed by atoms with Crippen molar-refractivity contribution in [1.82, 2.24) is 5.32 Å². The molecule has 1 nitrogen and oxygen atoms in total. The standard InChI is InChI=1S/C12H23N/c1-5-7-9-12(3,4)11-13-10-8-6-2/h5-6,13H,1-2,7-11H2,3-4H3. The van der Waals surface area contributed by atoms with Crippen LogP contribution in [0.15, 0.2) is 25.3 Å². The summed E-state index contributed by atoms with van der Waals surface area (Å²) in [5, 5.41) is 3.43. The highest BCUT2D eigenvalue weighted by Crippen LogP contribution is 2.20. The predicted molar refractivity (Wildman–Crippen MR) is 60.9 cm³/mol. The van der Waals surface area contributed by atoms with Crippen molar-refractivity contribution in [3.63, 3.8) is 0 Å². The second kappa shape index (κ2) is 6.90. The molecule has 0 rings (SSSR count). The molecule has 0 atom stereocenters. The Bertz CT molecular complexity index is 147. The maximum Gasteiger partial charge on any atom is 0.000275 e. The van der Waals surface area contributed by atoms with E-state index in [0.717, 1.165) is 25.9 Å². The van der Waals surface area contributed by atoms with Gasteiger partial charge in [0.15, 0.2) is 0 Å². The van der Waals surface area contributed by atoms with Crippen LogP contribution in [-0.2, 0) is 0 Å². The molecule has 76 valence electrons. The molecule has 0 heterocycles. The zero-order valence-corrected chi connectivity index (χ0v) is 9.10. The molecule has 0 aliphatic heterocycles. The molecule has 0 spiro atoms. The van der Waals surface area contributed by atoms with E-state index in [-0.39, 0.29) is 0 Å². The second-order valence-electron chi connectivity index (χ2n) is 4.25. The predicted octanol–water partition coefficient (Wildman–Crippen LogP) is 3.14. The summed E-state index contributed by atoms with van der Waals surface area (Å²) >= 11 is 0. The maximum atomic E-state index is 3.74. The topological polar surface area (TPSA) is 12.0 Å². The van der Waals surface area contributed by atoms with Crippen LogP contribution in [0.2, 0.25) is 0 Å². The van der Waals surface area contributed by atoms with Crippen molar-refractivity contribution in [2.24, 2.45) is 5.41 Å². The summed E-state index contributed by atoms with van der Waals surface area (Å²) in [5.41, 5.74) is 0.384. The van der Waals surface area contributed by atoms with Crippen LogP contribution in [0.3, 0.4) is 0 Å². The molecule has 1 heteroatoms. The molecule has 0 amide bonds. The summed E-state index contributed by atoms with van der Waals surface area (Å²) < 4.78 is 0. The van der Waals surface area contributed by atoms with Crippen molar-refractivity contribution in [3.05, 3.63) is 25.3 Å².